The van der Waals surface area contributed by atoms with E-state index in [4.69, 9.17) is 0 Å². The number of benzene rings is 2. The third-order valence-corrected chi connectivity index (χ3v) is 5.22. The Morgan fingerprint density at radius 1 is 1.04 bits per heavy atom. The average Bonchev–Trinajstić information content (AvgIpc) is 2.90. The van der Waals surface area contributed by atoms with Gasteiger partial charge in [0.15, 0.2) is 0 Å². The van der Waals surface area contributed by atoms with Crippen LogP contribution in [-0.4, -0.2) is 29.8 Å². The van der Waals surface area contributed by atoms with Gasteiger partial charge in [-0.2, -0.15) is 0 Å². The van der Waals surface area contributed by atoms with Crippen molar-refractivity contribution in [2.45, 2.75) is 45.1 Å². The van der Waals surface area contributed by atoms with E-state index in [0.717, 1.165) is 42.5 Å². The number of hydrogen-bond acceptors (Lipinski definition) is 2. The number of amides is 2. The standard InChI is InChI=1S/C23H28N2O2/c1-18-10-7-8-13-20(18)23(19-11-4-2-5-12-19)24-21(26)15-17-25-16-9-3-6-14-22(25)27/h2,4-5,7-8,10-13,23H,3,6,9,14-17H2,1H3,(H,24,26). The lowest BCUT2D eigenvalue weighted by atomic mass is 9.95. The Morgan fingerprint density at radius 2 is 1.78 bits per heavy atom. The molecular weight excluding hydrogens is 336 g/mol. The van der Waals surface area contributed by atoms with Crippen LogP contribution < -0.4 is 5.32 Å². The van der Waals surface area contributed by atoms with E-state index in [9.17, 15) is 9.59 Å². The highest BCUT2D eigenvalue weighted by Crippen LogP contribution is 2.25. The fourth-order valence-electron chi connectivity index (χ4n) is 3.64. The molecule has 0 aliphatic carbocycles. The molecule has 4 nitrogen and oxygen atoms in total. The minimum atomic E-state index is -0.181. The summed E-state index contributed by atoms with van der Waals surface area (Å²) in [6.45, 7) is 3.33. The van der Waals surface area contributed by atoms with Crippen LogP contribution in [0.4, 0.5) is 0 Å². The molecule has 1 atom stereocenters. The largest absolute Gasteiger partial charge is 0.345 e. The van der Waals surface area contributed by atoms with E-state index < -0.39 is 0 Å². The van der Waals surface area contributed by atoms with E-state index in [0.29, 0.717) is 19.4 Å². The highest BCUT2D eigenvalue weighted by Gasteiger charge is 2.21. The molecule has 1 unspecified atom stereocenters. The van der Waals surface area contributed by atoms with Gasteiger partial charge in [0.25, 0.3) is 0 Å². The van der Waals surface area contributed by atoms with Gasteiger partial charge in [0.1, 0.15) is 0 Å². The number of carbonyl (C=O) groups is 2. The summed E-state index contributed by atoms with van der Waals surface area (Å²) in [6.07, 6.45) is 4.03. The maximum Gasteiger partial charge on any atom is 0.222 e. The van der Waals surface area contributed by atoms with Crippen molar-refractivity contribution in [3.8, 4) is 0 Å². The van der Waals surface area contributed by atoms with E-state index in [1.807, 2.05) is 47.4 Å². The van der Waals surface area contributed by atoms with Crippen molar-refractivity contribution in [3.05, 3.63) is 71.3 Å². The first-order chi connectivity index (χ1) is 13.1. The summed E-state index contributed by atoms with van der Waals surface area (Å²) in [5.74, 6) is 0.156. The Labute approximate surface area is 161 Å². The lowest BCUT2D eigenvalue weighted by molar-refractivity contribution is -0.131. The van der Waals surface area contributed by atoms with E-state index in [1.54, 1.807) is 0 Å². The van der Waals surface area contributed by atoms with Crippen LogP contribution in [0.25, 0.3) is 0 Å². The van der Waals surface area contributed by atoms with Crippen LogP contribution in [0.5, 0.6) is 0 Å². The molecule has 4 heteroatoms. The second kappa shape index (κ2) is 9.36. The van der Waals surface area contributed by atoms with E-state index in [1.165, 1.54) is 0 Å². The highest BCUT2D eigenvalue weighted by atomic mass is 16.2. The van der Waals surface area contributed by atoms with Crippen molar-refractivity contribution < 1.29 is 9.59 Å². The maximum absolute atomic E-state index is 12.7. The molecule has 1 saturated heterocycles. The smallest absolute Gasteiger partial charge is 0.222 e. The van der Waals surface area contributed by atoms with Crippen LogP contribution in [0, 0.1) is 6.92 Å². The molecule has 142 valence electrons. The third-order valence-electron chi connectivity index (χ3n) is 5.22. The Kier molecular flexibility index (Phi) is 6.64. The molecule has 1 aliphatic rings. The monoisotopic (exact) mass is 364 g/mol. The zero-order valence-electron chi connectivity index (χ0n) is 16.0. The molecule has 0 bridgehead atoms. The number of hydrogen-bond donors (Lipinski definition) is 1. The van der Waals surface area contributed by atoms with Crippen molar-refractivity contribution in [1.82, 2.24) is 10.2 Å². The Bertz CT molecular complexity index is 773. The van der Waals surface area contributed by atoms with Gasteiger partial charge in [0.2, 0.25) is 11.8 Å². The molecule has 1 fully saturated rings. The predicted molar refractivity (Wildman–Crippen MR) is 107 cm³/mol. The van der Waals surface area contributed by atoms with Gasteiger partial charge in [-0.15, -0.1) is 0 Å². The van der Waals surface area contributed by atoms with Gasteiger partial charge in [-0.1, -0.05) is 61.0 Å². The topological polar surface area (TPSA) is 49.4 Å². The number of nitrogens with one attached hydrogen (secondary N) is 1. The van der Waals surface area contributed by atoms with Crippen molar-refractivity contribution in [1.29, 1.82) is 0 Å². The van der Waals surface area contributed by atoms with Gasteiger partial charge in [-0.3, -0.25) is 9.59 Å². The Hall–Kier alpha value is -2.62. The van der Waals surface area contributed by atoms with Crippen molar-refractivity contribution >= 4 is 11.8 Å². The van der Waals surface area contributed by atoms with Gasteiger partial charge < -0.3 is 10.2 Å². The van der Waals surface area contributed by atoms with Crippen LogP contribution in [0.1, 0.15) is 54.8 Å². The summed E-state index contributed by atoms with van der Waals surface area (Å²) in [5.41, 5.74) is 3.31. The summed E-state index contributed by atoms with van der Waals surface area (Å²) in [4.78, 5) is 26.7. The van der Waals surface area contributed by atoms with E-state index in [-0.39, 0.29) is 17.9 Å². The molecule has 2 aromatic carbocycles. The second-order valence-corrected chi connectivity index (χ2v) is 7.21. The molecule has 0 saturated carbocycles. The number of aryl methyl sites for hydroxylation is 1. The summed E-state index contributed by atoms with van der Waals surface area (Å²) < 4.78 is 0. The van der Waals surface area contributed by atoms with Crippen molar-refractivity contribution in [2.24, 2.45) is 0 Å². The van der Waals surface area contributed by atoms with Crippen LogP contribution in [0.2, 0.25) is 0 Å². The molecule has 0 radical (unpaired) electrons. The van der Waals surface area contributed by atoms with Gasteiger partial charge in [0.05, 0.1) is 6.04 Å². The molecule has 2 amide bonds. The Morgan fingerprint density at radius 3 is 2.56 bits per heavy atom. The molecule has 1 N–H and O–H groups in total. The normalized spacial score (nSPS) is 15.9. The van der Waals surface area contributed by atoms with Gasteiger partial charge in [0, 0.05) is 25.9 Å². The van der Waals surface area contributed by atoms with Gasteiger partial charge >= 0.3 is 0 Å². The molecule has 0 aromatic heterocycles. The predicted octanol–water partition coefficient (Wildman–Crippen LogP) is 3.99. The first-order valence-corrected chi connectivity index (χ1v) is 9.83. The molecule has 3 rings (SSSR count). The quantitative estimate of drug-likeness (QED) is 0.842. The summed E-state index contributed by atoms with van der Waals surface area (Å²) in [6, 6.07) is 18.0. The summed E-state index contributed by atoms with van der Waals surface area (Å²) >= 11 is 0. The maximum atomic E-state index is 12.7. The van der Waals surface area contributed by atoms with Gasteiger partial charge in [-0.05, 0) is 36.5 Å². The number of likely N-dealkylation sites (tertiary alicyclic amines) is 1. The molecule has 27 heavy (non-hydrogen) atoms. The first-order valence-electron chi connectivity index (χ1n) is 9.83. The van der Waals surface area contributed by atoms with Crippen LogP contribution in [-0.2, 0) is 9.59 Å². The van der Waals surface area contributed by atoms with Crippen LogP contribution >= 0.6 is 0 Å². The van der Waals surface area contributed by atoms with E-state index in [2.05, 4.69) is 24.4 Å². The summed E-state index contributed by atoms with van der Waals surface area (Å²) in [7, 11) is 0. The number of nitrogens with zero attached hydrogens (tertiary/aromatic N) is 1. The zero-order valence-corrected chi connectivity index (χ0v) is 16.0. The highest BCUT2D eigenvalue weighted by molar-refractivity contribution is 5.79. The zero-order chi connectivity index (χ0) is 19.1. The molecule has 1 heterocycles. The molecule has 1 aliphatic heterocycles. The molecular formula is C23H28N2O2. The lowest BCUT2D eigenvalue weighted by Crippen LogP contribution is -2.36. The third kappa shape index (κ3) is 5.19. The minimum Gasteiger partial charge on any atom is -0.345 e. The van der Waals surface area contributed by atoms with Crippen LogP contribution in [0.15, 0.2) is 54.6 Å². The lowest BCUT2D eigenvalue weighted by Gasteiger charge is -2.24. The summed E-state index contributed by atoms with van der Waals surface area (Å²) in [5, 5.41) is 3.18. The Balaban J connectivity index is 1.69. The minimum absolute atomic E-state index is 0.0239. The molecule has 2 aromatic rings. The SMILES string of the molecule is Cc1ccccc1C(NC(=O)CCN1CCCCCC1=O)c1ccccc1. The van der Waals surface area contributed by atoms with Crippen molar-refractivity contribution in [2.75, 3.05) is 13.1 Å². The van der Waals surface area contributed by atoms with Crippen molar-refractivity contribution in [3.63, 3.8) is 0 Å². The van der Waals surface area contributed by atoms with Crippen LogP contribution in [0.3, 0.4) is 0 Å². The second-order valence-electron chi connectivity index (χ2n) is 7.21. The fourth-order valence-corrected chi connectivity index (χ4v) is 3.64. The average molecular weight is 364 g/mol. The first kappa shape index (κ1) is 19.2. The van der Waals surface area contributed by atoms with Gasteiger partial charge in [-0.25, -0.2) is 0 Å². The number of carbonyl (C=O) groups excluding carboxylic acids is 2. The fraction of sp³-hybridized carbons (Fsp3) is 0.391. The molecule has 0 spiro atoms. The van der Waals surface area contributed by atoms with E-state index >= 15 is 0 Å². The number of rotatable bonds is 6.